The van der Waals surface area contributed by atoms with Gasteiger partial charge in [0.1, 0.15) is 5.82 Å². The molecule has 2 aromatic rings. The summed E-state index contributed by atoms with van der Waals surface area (Å²) < 4.78 is 0. The average Bonchev–Trinajstić information content (AvgIpc) is 2.98. The van der Waals surface area contributed by atoms with Gasteiger partial charge in [-0.2, -0.15) is 0 Å². The zero-order chi connectivity index (χ0) is 17.1. The van der Waals surface area contributed by atoms with Gasteiger partial charge < -0.3 is 9.80 Å². The number of anilines is 1. The van der Waals surface area contributed by atoms with Crippen molar-refractivity contribution in [3.8, 4) is 0 Å². The van der Waals surface area contributed by atoms with Crippen LogP contribution in [0.5, 0.6) is 0 Å². The molecule has 7 heteroatoms. The Kier molecular flexibility index (Phi) is 5.04. The molecule has 6 nitrogen and oxygen atoms in total. The summed E-state index contributed by atoms with van der Waals surface area (Å²) in [5, 5.41) is 6.70. The number of hydrogen-bond acceptors (Lipinski definition) is 4. The number of carbonyl (C=O) groups excluding carboxylic acids is 1. The highest BCUT2D eigenvalue weighted by molar-refractivity contribution is 6.28. The van der Waals surface area contributed by atoms with Crippen molar-refractivity contribution in [3.05, 3.63) is 40.9 Å². The summed E-state index contributed by atoms with van der Waals surface area (Å²) in [7, 11) is 0. The normalized spacial score (nSPS) is 18.0. The second-order valence-corrected chi connectivity index (χ2v) is 6.56. The van der Waals surface area contributed by atoms with E-state index in [2.05, 4.69) is 58.2 Å². The number of aryl methyl sites for hydroxylation is 2. The van der Waals surface area contributed by atoms with Crippen LogP contribution in [0.25, 0.3) is 0 Å². The Morgan fingerprint density at radius 3 is 2.83 bits per heavy atom. The SMILES string of the molecule is Cc1ccccc1N1CCN(C(=O)CCc2nc(Cl)n[nH]2)[C@H](C)C1. The van der Waals surface area contributed by atoms with Crippen molar-refractivity contribution in [2.75, 3.05) is 24.5 Å². The van der Waals surface area contributed by atoms with E-state index in [9.17, 15) is 4.79 Å². The number of amides is 1. The second-order valence-electron chi connectivity index (χ2n) is 6.22. The summed E-state index contributed by atoms with van der Waals surface area (Å²) in [6.45, 7) is 6.68. The van der Waals surface area contributed by atoms with Crippen LogP contribution in [0.15, 0.2) is 24.3 Å². The second kappa shape index (κ2) is 7.21. The summed E-state index contributed by atoms with van der Waals surface area (Å²) in [6.07, 6.45) is 0.948. The van der Waals surface area contributed by atoms with E-state index in [1.807, 2.05) is 4.90 Å². The molecular formula is C17H22ClN5O. The van der Waals surface area contributed by atoms with Crippen LogP contribution in [0.3, 0.4) is 0 Å². The lowest BCUT2D eigenvalue weighted by Crippen LogP contribution is -2.54. The molecule has 1 saturated heterocycles. The predicted octanol–water partition coefficient (Wildman–Crippen LogP) is 2.44. The van der Waals surface area contributed by atoms with E-state index in [1.165, 1.54) is 11.3 Å². The molecule has 1 aromatic carbocycles. The number of halogens is 1. The lowest BCUT2D eigenvalue weighted by atomic mass is 10.1. The fourth-order valence-corrected chi connectivity index (χ4v) is 3.36. The maximum Gasteiger partial charge on any atom is 0.242 e. The molecule has 0 bridgehead atoms. The van der Waals surface area contributed by atoms with Crippen molar-refractivity contribution in [1.82, 2.24) is 20.1 Å². The Morgan fingerprint density at radius 1 is 1.38 bits per heavy atom. The number of piperazine rings is 1. The Bertz CT molecular complexity index is 717. The Hall–Kier alpha value is -2.08. The summed E-state index contributed by atoms with van der Waals surface area (Å²) in [4.78, 5) is 20.9. The van der Waals surface area contributed by atoms with Crippen molar-refractivity contribution >= 4 is 23.2 Å². The molecule has 1 fully saturated rings. The highest BCUT2D eigenvalue weighted by Crippen LogP contribution is 2.23. The summed E-state index contributed by atoms with van der Waals surface area (Å²) in [6, 6.07) is 8.57. The van der Waals surface area contributed by atoms with Crippen LogP contribution >= 0.6 is 11.6 Å². The smallest absolute Gasteiger partial charge is 0.242 e. The van der Waals surface area contributed by atoms with Crippen LogP contribution in [0, 0.1) is 6.92 Å². The zero-order valence-corrected chi connectivity index (χ0v) is 14.8. The van der Waals surface area contributed by atoms with E-state index in [0.29, 0.717) is 18.7 Å². The van der Waals surface area contributed by atoms with Crippen LogP contribution in [-0.4, -0.2) is 51.7 Å². The number of H-pyrrole nitrogens is 1. The van der Waals surface area contributed by atoms with E-state index in [4.69, 9.17) is 11.6 Å². The number of aromatic nitrogens is 3. The first-order chi connectivity index (χ1) is 11.5. The molecular weight excluding hydrogens is 326 g/mol. The molecule has 1 aliphatic heterocycles. The monoisotopic (exact) mass is 347 g/mol. The first-order valence-electron chi connectivity index (χ1n) is 8.21. The molecule has 0 radical (unpaired) electrons. The van der Waals surface area contributed by atoms with E-state index < -0.39 is 0 Å². The first-order valence-corrected chi connectivity index (χ1v) is 8.59. The number of rotatable bonds is 4. The van der Waals surface area contributed by atoms with E-state index in [0.717, 1.165) is 19.6 Å². The van der Waals surface area contributed by atoms with E-state index in [1.54, 1.807) is 0 Å². The topological polar surface area (TPSA) is 65.1 Å². The number of aromatic amines is 1. The number of carbonyl (C=O) groups is 1. The van der Waals surface area contributed by atoms with Gasteiger partial charge >= 0.3 is 0 Å². The van der Waals surface area contributed by atoms with Gasteiger partial charge in [-0.15, -0.1) is 5.10 Å². The standard InChI is InChI=1S/C17H22ClN5O/c1-12-5-3-4-6-14(12)22-9-10-23(13(2)11-22)16(24)8-7-15-19-17(18)21-20-15/h3-6,13H,7-11H2,1-2H3,(H,19,20,21)/t13-/m1/s1. The minimum Gasteiger partial charge on any atom is -0.367 e. The predicted molar refractivity (Wildman–Crippen MR) is 94.3 cm³/mol. The number of benzene rings is 1. The zero-order valence-electron chi connectivity index (χ0n) is 14.0. The molecule has 24 heavy (non-hydrogen) atoms. The quantitative estimate of drug-likeness (QED) is 0.922. The molecule has 1 amide bonds. The largest absolute Gasteiger partial charge is 0.367 e. The number of hydrogen-bond donors (Lipinski definition) is 1. The number of para-hydroxylation sites is 1. The van der Waals surface area contributed by atoms with Gasteiger partial charge in [0.05, 0.1) is 0 Å². The first kappa shape index (κ1) is 16.8. The molecule has 2 heterocycles. The summed E-state index contributed by atoms with van der Waals surface area (Å²) in [5.41, 5.74) is 2.53. The van der Waals surface area contributed by atoms with Gasteiger partial charge in [0.2, 0.25) is 11.2 Å². The molecule has 0 spiro atoms. The van der Waals surface area contributed by atoms with E-state index >= 15 is 0 Å². The van der Waals surface area contributed by atoms with Gasteiger partial charge in [0.25, 0.3) is 0 Å². The van der Waals surface area contributed by atoms with Gasteiger partial charge in [-0.1, -0.05) is 18.2 Å². The van der Waals surface area contributed by atoms with Gasteiger partial charge in [0.15, 0.2) is 0 Å². The van der Waals surface area contributed by atoms with Gasteiger partial charge in [0, 0.05) is 44.2 Å². The molecule has 0 unspecified atom stereocenters. The molecule has 0 aliphatic carbocycles. The maximum absolute atomic E-state index is 12.5. The number of nitrogens with one attached hydrogen (secondary N) is 1. The Balaban J connectivity index is 1.57. The van der Waals surface area contributed by atoms with Gasteiger partial charge in [-0.3, -0.25) is 9.89 Å². The van der Waals surface area contributed by atoms with Crippen LogP contribution in [-0.2, 0) is 11.2 Å². The molecule has 0 saturated carbocycles. The Labute approximate surface area is 146 Å². The van der Waals surface area contributed by atoms with Crippen LogP contribution in [0.1, 0.15) is 24.7 Å². The molecule has 1 N–H and O–H groups in total. The number of nitrogens with zero attached hydrogens (tertiary/aromatic N) is 4. The third-order valence-corrected chi connectivity index (χ3v) is 4.65. The lowest BCUT2D eigenvalue weighted by Gasteiger charge is -2.41. The van der Waals surface area contributed by atoms with Crippen molar-refractivity contribution in [3.63, 3.8) is 0 Å². The molecule has 128 valence electrons. The molecule has 1 aliphatic rings. The van der Waals surface area contributed by atoms with Gasteiger partial charge in [-0.25, -0.2) is 4.98 Å². The van der Waals surface area contributed by atoms with Crippen molar-refractivity contribution < 1.29 is 4.79 Å². The van der Waals surface area contributed by atoms with Crippen LogP contribution in [0.4, 0.5) is 5.69 Å². The molecule has 1 atom stereocenters. The molecule has 3 rings (SSSR count). The summed E-state index contributed by atoms with van der Waals surface area (Å²) in [5.74, 6) is 0.805. The fourth-order valence-electron chi connectivity index (χ4n) is 3.22. The van der Waals surface area contributed by atoms with Crippen molar-refractivity contribution in [2.24, 2.45) is 0 Å². The van der Waals surface area contributed by atoms with Crippen molar-refractivity contribution in [1.29, 1.82) is 0 Å². The lowest BCUT2D eigenvalue weighted by molar-refractivity contribution is -0.133. The highest BCUT2D eigenvalue weighted by atomic mass is 35.5. The van der Waals surface area contributed by atoms with E-state index in [-0.39, 0.29) is 17.2 Å². The average molecular weight is 348 g/mol. The third kappa shape index (κ3) is 3.70. The van der Waals surface area contributed by atoms with Gasteiger partial charge in [-0.05, 0) is 37.1 Å². The minimum atomic E-state index is 0.152. The van der Waals surface area contributed by atoms with Crippen LogP contribution in [0.2, 0.25) is 5.28 Å². The fraction of sp³-hybridized carbons (Fsp3) is 0.471. The maximum atomic E-state index is 12.5. The Morgan fingerprint density at radius 2 is 2.17 bits per heavy atom. The van der Waals surface area contributed by atoms with Crippen molar-refractivity contribution in [2.45, 2.75) is 32.7 Å². The highest BCUT2D eigenvalue weighted by Gasteiger charge is 2.27. The minimum absolute atomic E-state index is 0.152. The molecule has 1 aromatic heterocycles. The third-order valence-electron chi connectivity index (χ3n) is 4.48. The van der Waals surface area contributed by atoms with Crippen LogP contribution < -0.4 is 4.90 Å². The summed E-state index contributed by atoms with van der Waals surface area (Å²) >= 11 is 5.68.